The highest BCUT2D eigenvalue weighted by Gasteiger charge is 2.59. The van der Waals surface area contributed by atoms with Crippen molar-refractivity contribution in [3.63, 3.8) is 0 Å². The molecule has 2 fully saturated rings. The minimum absolute atomic E-state index is 0.0143. The number of hydrogen-bond acceptors (Lipinski definition) is 6. The quantitative estimate of drug-likeness (QED) is 0.624. The first-order valence-electron chi connectivity index (χ1n) is 10.9. The van der Waals surface area contributed by atoms with Crippen molar-refractivity contribution in [1.82, 2.24) is 29.7 Å². The van der Waals surface area contributed by atoms with Crippen LogP contribution in [0.2, 0.25) is 0 Å². The fourth-order valence-corrected chi connectivity index (χ4v) is 5.09. The summed E-state index contributed by atoms with van der Waals surface area (Å²) in [5.41, 5.74) is 1.55. The van der Waals surface area contributed by atoms with Crippen molar-refractivity contribution in [2.24, 2.45) is 5.92 Å². The van der Waals surface area contributed by atoms with Crippen LogP contribution in [-0.4, -0.2) is 67.7 Å². The van der Waals surface area contributed by atoms with E-state index in [0.29, 0.717) is 55.6 Å². The van der Waals surface area contributed by atoms with Crippen LogP contribution < -0.4 is 0 Å². The molecule has 2 aliphatic heterocycles. The minimum atomic E-state index is -0.573. The van der Waals surface area contributed by atoms with Gasteiger partial charge in [0.25, 0.3) is 11.8 Å². The van der Waals surface area contributed by atoms with Crippen molar-refractivity contribution in [1.29, 1.82) is 0 Å². The first-order chi connectivity index (χ1) is 15.4. The van der Waals surface area contributed by atoms with Crippen LogP contribution in [0.1, 0.15) is 45.0 Å². The maximum Gasteiger partial charge on any atom is 0.257 e. The normalized spacial score (nSPS) is 22.4. The molecule has 0 saturated carbocycles. The molecule has 1 aromatic carbocycles. The van der Waals surface area contributed by atoms with E-state index in [1.165, 1.54) is 0 Å². The topological polar surface area (TPSA) is 97.4 Å². The Balaban J connectivity index is 1.45. The molecule has 2 amide bonds. The zero-order valence-electron chi connectivity index (χ0n) is 18.5. The second kappa shape index (κ2) is 7.58. The third-order valence-electron chi connectivity index (χ3n) is 6.79. The Bertz CT molecular complexity index is 1170. The molecule has 4 heterocycles. The van der Waals surface area contributed by atoms with E-state index in [2.05, 4.69) is 15.2 Å². The second-order valence-corrected chi connectivity index (χ2v) is 8.70. The third kappa shape index (κ3) is 3.11. The van der Waals surface area contributed by atoms with E-state index in [1.807, 2.05) is 58.7 Å². The highest BCUT2D eigenvalue weighted by atomic mass is 16.5. The van der Waals surface area contributed by atoms with Gasteiger partial charge in [-0.15, -0.1) is 0 Å². The number of rotatable bonds is 4. The Kier molecular flexibility index (Phi) is 4.83. The van der Waals surface area contributed by atoms with Crippen molar-refractivity contribution < 1.29 is 14.1 Å². The molecule has 32 heavy (non-hydrogen) atoms. The molecular formula is C23H26N6O3. The smallest absolute Gasteiger partial charge is 0.257 e. The summed E-state index contributed by atoms with van der Waals surface area (Å²) in [5, 5.41) is 8.32. The molecular weight excluding hydrogens is 408 g/mol. The van der Waals surface area contributed by atoms with Gasteiger partial charge in [-0.1, -0.05) is 23.4 Å². The van der Waals surface area contributed by atoms with Crippen molar-refractivity contribution >= 4 is 11.8 Å². The second-order valence-electron chi connectivity index (χ2n) is 8.70. The molecule has 166 valence electrons. The van der Waals surface area contributed by atoms with Gasteiger partial charge in [-0.25, -0.2) is 0 Å². The summed E-state index contributed by atoms with van der Waals surface area (Å²) in [6.45, 7) is 8.32. The maximum absolute atomic E-state index is 13.4. The van der Waals surface area contributed by atoms with Gasteiger partial charge < -0.3 is 14.3 Å². The van der Waals surface area contributed by atoms with E-state index in [4.69, 9.17) is 4.52 Å². The summed E-state index contributed by atoms with van der Waals surface area (Å²) >= 11 is 0. The summed E-state index contributed by atoms with van der Waals surface area (Å²) in [7, 11) is 0. The van der Waals surface area contributed by atoms with Gasteiger partial charge in [-0.2, -0.15) is 10.1 Å². The molecule has 0 aliphatic carbocycles. The lowest BCUT2D eigenvalue weighted by molar-refractivity contribution is 0.0727. The number of fused-ring (bicyclic) bond motifs is 1. The molecule has 2 atom stereocenters. The lowest BCUT2D eigenvalue weighted by atomic mass is 9.81. The van der Waals surface area contributed by atoms with Crippen LogP contribution in [0, 0.1) is 19.8 Å². The largest absolute Gasteiger partial charge is 0.339 e. The van der Waals surface area contributed by atoms with Gasteiger partial charge in [0.2, 0.25) is 5.89 Å². The number of nitrogens with zero attached hydrogens (tertiary/aromatic N) is 6. The van der Waals surface area contributed by atoms with E-state index in [9.17, 15) is 9.59 Å². The van der Waals surface area contributed by atoms with Gasteiger partial charge >= 0.3 is 0 Å². The molecule has 2 aliphatic rings. The van der Waals surface area contributed by atoms with E-state index >= 15 is 0 Å². The maximum atomic E-state index is 13.4. The summed E-state index contributed by atoms with van der Waals surface area (Å²) in [6, 6.07) is 9.26. The Morgan fingerprint density at radius 2 is 1.78 bits per heavy atom. The van der Waals surface area contributed by atoms with Crippen molar-refractivity contribution in [3.8, 4) is 0 Å². The Labute approximate surface area is 186 Å². The van der Waals surface area contributed by atoms with Gasteiger partial charge in [0.1, 0.15) is 0 Å². The molecule has 2 saturated heterocycles. The average molecular weight is 435 g/mol. The van der Waals surface area contributed by atoms with Gasteiger partial charge in [-0.3, -0.25) is 14.3 Å². The van der Waals surface area contributed by atoms with Crippen LogP contribution in [0.5, 0.6) is 0 Å². The summed E-state index contributed by atoms with van der Waals surface area (Å²) in [4.78, 5) is 34.7. The lowest BCUT2D eigenvalue weighted by Gasteiger charge is -2.26. The van der Waals surface area contributed by atoms with Gasteiger partial charge in [-0.05, 0) is 32.9 Å². The Morgan fingerprint density at radius 3 is 2.38 bits per heavy atom. The Hall–Kier alpha value is -3.49. The van der Waals surface area contributed by atoms with Crippen LogP contribution in [0.25, 0.3) is 0 Å². The first-order valence-corrected chi connectivity index (χ1v) is 10.9. The predicted octanol–water partition coefficient (Wildman–Crippen LogP) is 2.07. The molecule has 0 bridgehead atoms. The standard InChI is InChI=1S/C23H26N6O3/c1-4-29-15(2)19(10-24-29)21(31)28-12-18-11-27(20(30)17-8-6-5-7-9-17)13-23(18,14-28)22-25-16(3)26-32-22/h5-10,18H,4,11-14H2,1-3H3/t18-,23-/m1/s1. The van der Waals surface area contributed by atoms with Crippen LogP contribution in [0.15, 0.2) is 41.1 Å². The van der Waals surface area contributed by atoms with Gasteiger partial charge in [0, 0.05) is 49.9 Å². The molecule has 3 aromatic rings. The molecule has 9 heteroatoms. The summed E-state index contributed by atoms with van der Waals surface area (Å²) in [5.74, 6) is 0.993. The summed E-state index contributed by atoms with van der Waals surface area (Å²) < 4.78 is 7.43. The molecule has 0 N–H and O–H groups in total. The van der Waals surface area contributed by atoms with Gasteiger partial charge in [0.15, 0.2) is 5.82 Å². The molecule has 0 spiro atoms. The van der Waals surface area contributed by atoms with Crippen molar-refractivity contribution in [2.75, 3.05) is 26.2 Å². The van der Waals surface area contributed by atoms with E-state index in [0.717, 1.165) is 5.69 Å². The highest BCUT2D eigenvalue weighted by Crippen LogP contribution is 2.45. The van der Waals surface area contributed by atoms with E-state index in [-0.39, 0.29) is 17.7 Å². The van der Waals surface area contributed by atoms with Crippen LogP contribution in [0.4, 0.5) is 0 Å². The number of likely N-dealkylation sites (tertiary alicyclic amines) is 2. The molecule has 2 aromatic heterocycles. The molecule has 0 unspecified atom stereocenters. The highest BCUT2D eigenvalue weighted by molar-refractivity contribution is 5.96. The molecule has 0 radical (unpaired) electrons. The van der Waals surface area contributed by atoms with E-state index < -0.39 is 5.41 Å². The molecule has 5 rings (SSSR count). The Morgan fingerprint density at radius 1 is 1.09 bits per heavy atom. The van der Waals surface area contributed by atoms with Crippen molar-refractivity contribution in [3.05, 3.63) is 65.1 Å². The predicted molar refractivity (Wildman–Crippen MR) is 115 cm³/mol. The number of carbonyl (C=O) groups is 2. The number of hydrogen-bond donors (Lipinski definition) is 0. The van der Waals surface area contributed by atoms with Crippen LogP contribution in [0.3, 0.4) is 0 Å². The van der Waals surface area contributed by atoms with Crippen molar-refractivity contribution in [2.45, 2.75) is 32.7 Å². The monoisotopic (exact) mass is 434 g/mol. The fourth-order valence-electron chi connectivity index (χ4n) is 5.09. The van der Waals surface area contributed by atoms with Crippen LogP contribution >= 0.6 is 0 Å². The van der Waals surface area contributed by atoms with Gasteiger partial charge in [0.05, 0.1) is 17.2 Å². The SMILES string of the molecule is CCn1ncc(C(=O)N2C[C@H]3CN(C(=O)c4ccccc4)C[C@@]3(c3nc(C)no3)C2)c1C. The minimum Gasteiger partial charge on any atom is -0.339 e. The molecule has 9 nitrogen and oxygen atoms in total. The fraction of sp³-hybridized carbons (Fsp3) is 0.435. The number of carbonyl (C=O) groups excluding carboxylic acids is 2. The number of aromatic nitrogens is 4. The van der Waals surface area contributed by atoms with Crippen LogP contribution in [-0.2, 0) is 12.0 Å². The first kappa shape index (κ1) is 20.4. The lowest BCUT2D eigenvalue weighted by Crippen LogP contribution is -2.41. The van der Waals surface area contributed by atoms with E-state index in [1.54, 1.807) is 13.1 Å². The third-order valence-corrected chi connectivity index (χ3v) is 6.79. The summed E-state index contributed by atoms with van der Waals surface area (Å²) in [6.07, 6.45) is 1.64. The number of benzene rings is 1. The zero-order valence-corrected chi connectivity index (χ0v) is 18.5. The number of amides is 2. The number of aryl methyl sites for hydroxylation is 2. The average Bonchev–Trinajstić information content (AvgIpc) is 3.55. The zero-order chi connectivity index (χ0) is 22.5.